The summed E-state index contributed by atoms with van der Waals surface area (Å²) >= 11 is 0. The van der Waals surface area contributed by atoms with Gasteiger partial charge in [-0.3, -0.25) is 0 Å². The molecule has 3 rings (SSSR count). The highest BCUT2D eigenvalue weighted by atomic mass is 14.8. The zero-order chi connectivity index (χ0) is 10.4. The average Bonchev–Trinajstić information content (AvgIpc) is 2.58. The van der Waals surface area contributed by atoms with E-state index in [1.54, 1.807) is 0 Å². The number of aryl methyl sites for hydroxylation is 2. The minimum atomic E-state index is 0.460. The molecule has 1 aliphatic rings. The average molecular weight is 201 g/mol. The van der Waals surface area contributed by atoms with Crippen LogP contribution in [0.25, 0.3) is 10.9 Å². The van der Waals surface area contributed by atoms with Crippen LogP contribution in [0.2, 0.25) is 0 Å². The van der Waals surface area contributed by atoms with E-state index in [1.807, 2.05) is 0 Å². The summed E-state index contributed by atoms with van der Waals surface area (Å²) in [6.45, 7) is 2.16. The standard InChI is InChI=1S/C13H16N2/c1-8-5-6-12-10(7-8)9-3-2-4-11(14)13(9)15-12/h5-7,11,15H,2-4,14H2,1H3/p+1. The molecule has 1 unspecified atom stereocenters. The minimum absolute atomic E-state index is 0.460. The highest BCUT2D eigenvalue weighted by Gasteiger charge is 2.23. The van der Waals surface area contributed by atoms with Crippen LogP contribution in [-0.4, -0.2) is 4.98 Å². The van der Waals surface area contributed by atoms with Crippen molar-refractivity contribution in [1.29, 1.82) is 0 Å². The molecule has 0 saturated heterocycles. The van der Waals surface area contributed by atoms with Crippen molar-refractivity contribution in [2.45, 2.75) is 32.2 Å². The van der Waals surface area contributed by atoms with Crippen LogP contribution in [0.1, 0.15) is 35.7 Å². The number of aromatic nitrogens is 1. The first-order valence-corrected chi connectivity index (χ1v) is 5.70. The Morgan fingerprint density at radius 2 is 2.27 bits per heavy atom. The highest BCUT2D eigenvalue weighted by Crippen LogP contribution is 2.32. The lowest BCUT2D eigenvalue weighted by molar-refractivity contribution is -0.430. The molecule has 1 aromatic carbocycles. The molecule has 78 valence electrons. The first-order valence-electron chi connectivity index (χ1n) is 5.70. The van der Waals surface area contributed by atoms with Gasteiger partial charge in [-0.05, 0) is 37.5 Å². The van der Waals surface area contributed by atoms with Gasteiger partial charge in [0, 0.05) is 17.3 Å². The van der Waals surface area contributed by atoms with Crippen molar-refractivity contribution in [2.75, 3.05) is 0 Å². The molecule has 0 radical (unpaired) electrons. The molecule has 0 fully saturated rings. The first-order chi connectivity index (χ1) is 7.25. The van der Waals surface area contributed by atoms with E-state index in [2.05, 4.69) is 35.8 Å². The Morgan fingerprint density at radius 3 is 3.13 bits per heavy atom. The summed E-state index contributed by atoms with van der Waals surface area (Å²) < 4.78 is 0. The summed E-state index contributed by atoms with van der Waals surface area (Å²) in [5.74, 6) is 0. The third-order valence-electron chi connectivity index (χ3n) is 3.48. The molecule has 1 aromatic heterocycles. The number of H-pyrrole nitrogens is 1. The molecular formula is C13H17N2+. The SMILES string of the molecule is Cc1ccc2[nH]c3c(c2c1)CCCC3[NH3+]. The van der Waals surface area contributed by atoms with Gasteiger partial charge in [-0.25, -0.2) is 0 Å². The molecule has 4 N–H and O–H groups in total. The number of hydrogen-bond donors (Lipinski definition) is 2. The van der Waals surface area contributed by atoms with Gasteiger partial charge in [0.2, 0.25) is 0 Å². The molecule has 2 aromatic rings. The van der Waals surface area contributed by atoms with Crippen LogP contribution in [0.15, 0.2) is 18.2 Å². The van der Waals surface area contributed by atoms with Gasteiger partial charge in [0.05, 0.1) is 5.69 Å². The van der Waals surface area contributed by atoms with Crippen LogP contribution in [0.5, 0.6) is 0 Å². The molecule has 0 spiro atoms. The van der Waals surface area contributed by atoms with E-state index >= 15 is 0 Å². The Bertz CT molecular complexity index is 510. The van der Waals surface area contributed by atoms with Crippen molar-refractivity contribution in [3.05, 3.63) is 35.0 Å². The van der Waals surface area contributed by atoms with Crippen molar-refractivity contribution in [2.24, 2.45) is 0 Å². The van der Waals surface area contributed by atoms with Crippen molar-refractivity contribution >= 4 is 10.9 Å². The molecule has 0 bridgehead atoms. The van der Waals surface area contributed by atoms with E-state index in [0.717, 1.165) is 0 Å². The Kier molecular flexibility index (Phi) is 1.86. The molecule has 0 aliphatic heterocycles. The Hall–Kier alpha value is -1.28. The smallest absolute Gasteiger partial charge is 0.125 e. The van der Waals surface area contributed by atoms with Crippen LogP contribution in [0.3, 0.4) is 0 Å². The van der Waals surface area contributed by atoms with Crippen LogP contribution < -0.4 is 5.73 Å². The molecule has 2 nitrogen and oxygen atoms in total. The molecule has 15 heavy (non-hydrogen) atoms. The van der Waals surface area contributed by atoms with Crippen LogP contribution >= 0.6 is 0 Å². The van der Waals surface area contributed by atoms with E-state index < -0.39 is 0 Å². The molecule has 0 amide bonds. The number of rotatable bonds is 0. The van der Waals surface area contributed by atoms with Gasteiger partial charge in [-0.1, -0.05) is 11.6 Å². The van der Waals surface area contributed by atoms with Gasteiger partial charge in [0.1, 0.15) is 6.04 Å². The Labute approximate surface area is 89.5 Å². The van der Waals surface area contributed by atoms with E-state index in [1.165, 1.54) is 47.0 Å². The maximum absolute atomic E-state index is 4.23. The van der Waals surface area contributed by atoms with Crippen molar-refractivity contribution in [1.82, 2.24) is 4.98 Å². The summed E-state index contributed by atoms with van der Waals surface area (Å²) in [5.41, 5.74) is 9.74. The van der Waals surface area contributed by atoms with Gasteiger partial charge in [-0.15, -0.1) is 0 Å². The van der Waals surface area contributed by atoms with Gasteiger partial charge in [0.25, 0.3) is 0 Å². The third kappa shape index (κ3) is 1.29. The predicted octanol–water partition coefficient (Wildman–Crippen LogP) is 2.10. The monoisotopic (exact) mass is 201 g/mol. The summed E-state index contributed by atoms with van der Waals surface area (Å²) in [7, 11) is 0. The second kappa shape index (κ2) is 3.11. The fourth-order valence-electron chi connectivity index (χ4n) is 2.67. The Balaban J connectivity index is 2.31. The van der Waals surface area contributed by atoms with Crippen molar-refractivity contribution < 1.29 is 5.73 Å². The van der Waals surface area contributed by atoms with Crippen LogP contribution in [-0.2, 0) is 6.42 Å². The fraction of sp³-hybridized carbons (Fsp3) is 0.385. The van der Waals surface area contributed by atoms with Gasteiger partial charge < -0.3 is 10.7 Å². The number of aromatic amines is 1. The van der Waals surface area contributed by atoms with E-state index in [4.69, 9.17) is 0 Å². The lowest BCUT2D eigenvalue weighted by Crippen LogP contribution is -2.54. The summed E-state index contributed by atoms with van der Waals surface area (Å²) in [6, 6.07) is 7.11. The van der Waals surface area contributed by atoms with E-state index in [0.29, 0.717) is 6.04 Å². The topological polar surface area (TPSA) is 43.4 Å². The lowest BCUT2D eigenvalue weighted by Gasteiger charge is -2.15. The predicted molar refractivity (Wildman–Crippen MR) is 61.6 cm³/mol. The zero-order valence-electron chi connectivity index (χ0n) is 9.14. The second-order valence-electron chi connectivity index (χ2n) is 4.66. The van der Waals surface area contributed by atoms with Crippen LogP contribution in [0.4, 0.5) is 0 Å². The molecule has 1 heterocycles. The quantitative estimate of drug-likeness (QED) is 0.655. The van der Waals surface area contributed by atoms with E-state index in [-0.39, 0.29) is 0 Å². The molecule has 1 atom stereocenters. The molecule has 1 aliphatic carbocycles. The van der Waals surface area contributed by atoms with Crippen molar-refractivity contribution in [3.8, 4) is 0 Å². The maximum Gasteiger partial charge on any atom is 0.125 e. The van der Waals surface area contributed by atoms with Gasteiger partial charge >= 0.3 is 0 Å². The fourth-order valence-corrected chi connectivity index (χ4v) is 2.67. The van der Waals surface area contributed by atoms with E-state index in [9.17, 15) is 0 Å². The first kappa shape index (κ1) is 8.98. The largest absolute Gasteiger partial charge is 0.353 e. The normalized spacial score (nSPS) is 20.5. The summed E-state index contributed by atoms with van der Waals surface area (Å²) in [5, 5.41) is 1.42. The van der Waals surface area contributed by atoms with Crippen LogP contribution in [0, 0.1) is 6.92 Å². The Morgan fingerprint density at radius 1 is 1.40 bits per heavy atom. The second-order valence-corrected chi connectivity index (χ2v) is 4.66. The number of nitrogens with one attached hydrogen (secondary N) is 1. The highest BCUT2D eigenvalue weighted by molar-refractivity contribution is 5.85. The summed E-state index contributed by atoms with van der Waals surface area (Å²) in [6.07, 6.45) is 3.71. The maximum atomic E-state index is 4.23. The zero-order valence-corrected chi connectivity index (χ0v) is 9.14. The molecular weight excluding hydrogens is 184 g/mol. The van der Waals surface area contributed by atoms with Gasteiger partial charge in [-0.2, -0.15) is 0 Å². The molecule has 0 saturated carbocycles. The van der Waals surface area contributed by atoms with Gasteiger partial charge in [0.15, 0.2) is 0 Å². The lowest BCUT2D eigenvalue weighted by atomic mass is 9.92. The summed E-state index contributed by atoms with van der Waals surface area (Å²) in [4.78, 5) is 3.53. The minimum Gasteiger partial charge on any atom is -0.353 e. The molecule has 2 heteroatoms. The number of benzene rings is 1. The number of hydrogen-bond acceptors (Lipinski definition) is 0. The third-order valence-corrected chi connectivity index (χ3v) is 3.48. The number of quaternary nitrogens is 1. The van der Waals surface area contributed by atoms with Crippen molar-refractivity contribution in [3.63, 3.8) is 0 Å². The number of fused-ring (bicyclic) bond motifs is 3.